The summed E-state index contributed by atoms with van der Waals surface area (Å²) in [5.41, 5.74) is 22.2. The molecular formula is C51H44F3N9O3. The van der Waals surface area contributed by atoms with Gasteiger partial charge in [-0.15, -0.1) is 0 Å². The molecule has 0 radical (unpaired) electrons. The maximum Gasteiger partial charge on any atom is 0.416 e. The minimum absolute atomic E-state index is 0.147. The second-order valence-corrected chi connectivity index (χ2v) is 14.5. The molecule has 0 fully saturated rings. The summed E-state index contributed by atoms with van der Waals surface area (Å²) < 4.78 is 38.3. The lowest BCUT2D eigenvalue weighted by Crippen LogP contribution is -2.15. The molecule has 8 aromatic rings. The van der Waals surface area contributed by atoms with Crippen LogP contribution in [0.2, 0.25) is 0 Å². The van der Waals surface area contributed by atoms with Gasteiger partial charge in [-0.1, -0.05) is 115 Å². The predicted octanol–water partition coefficient (Wildman–Crippen LogP) is 9.15. The number of nitrogens with one attached hydrogen (secondary N) is 2. The Bertz CT molecular complexity index is 2790. The van der Waals surface area contributed by atoms with Crippen LogP contribution in [0, 0.1) is 0 Å². The van der Waals surface area contributed by atoms with E-state index >= 15 is 0 Å². The first kappa shape index (κ1) is 46.8. The van der Waals surface area contributed by atoms with E-state index in [1.165, 1.54) is 17.2 Å². The van der Waals surface area contributed by atoms with Crippen LogP contribution >= 0.6 is 0 Å². The average Bonchev–Trinajstić information content (AvgIpc) is 3.35. The van der Waals surface area contributed by atoms with Gasteiger partial charge < -0.3 is 27.8 Å². The Morgan fingerprint density at radius 1 is 0.500 bits per heavy atom. The number of amides is 3. The number of nitrogens with two attached hydrogens (primary N) is 3. The second kappa shape index (κ2) is 22.6. The Balaban J connectivity index is 0.000000184. The van der Waals surface area contributed by atoms with Crippen LogP contribution in [0.25, 0.3) is 22.5 Å². The van der Waals surface area contributed by atoms with Crippen molar-refractivity contribution in [2.24, 2.45) is 17.2 Å². The lowest BCUT2D eigenvalue weighted by molar-refractivity contribution is -0.137. The molecule has 0 saturated carbocycles. The van der Waals surface area contributed by atoms with Gasteiger partial charge in [-0.25, -0.2) is 19.9 Å². The highest BCUT2D eigenvalue weighted by molar-refractivity contribution is 5.94. The molecule has 12 nitrogen and oxygen atoms in total. The van der Waals surface area contributed by atoms with E-state index in [2.05, 4.69) is 79.1 Å². The molecule has 0 aliphatic heterocycles. The molecule has 0 bridgehead atoms. The lowest BCUT2D eigenvalue weighted by atomic mass is 9.91. The fourth-order valence-electron chi connectivity index (χ4n) is 6.45. The molecule has 2 heterocycles. The Morgan fingerprint density at radius 2 is 0.924 bits per heavy atom. The van der Waals surface area contributed by atoms with E-state index in [0.29, 0.717) is 40.4 Å². The smallest absolute Gasteiger partial charge is 0.366 e. The molecule has 0 saturated heterocycles. The van der Waals surface area contributed by atoms with E-state index < -0.39 is 23.6 Å². The Labute approximate surface area is 378 Å². The number of halogens is 3. The molecule has 0 aliphatic rings. The van der Waals surface area contributed by atoms with Crippen LogP contribution in [0.15, 0.2) is 188 Å². The number of primary amides is 3. The normalized spacial score (nSPS) is 10.7. The molecule has 2 aromatic heterocycles. The number of hydrogen-bond donors (Lipinski definition) is 5. The van der Waals surface area contributed by atoms with Crippen LogP contribution in [0.1, 0.15) is 59.2 Å². The van der Waals surface area contributed by atoms with Crippen LogP contribution in [0.4, 0.5) is 25.1 Å². The minimum atomic E-state index is -4.39. The van der Waals surface area contributed by atoms with Crippen molar-refractivity contribution >= 4 is 29.6 Å². The number of carbonyl (C=O) groups is 3. The maximum absolute atomic E-state index is 12.8. The van der Waals surface area contributed by atoms with Gasteiger partial charge in [-0.3, -0.25) is 14.4 Å². The van der Waals surface area contributed by atoms with Crippen molar-refractivity contribution < 1.29 is 27.6 Å². The molecule has 0 unspecified atom stereocenters. The molecule has 8 rings (SSSR count). The van der Waals surface area contributed by atoms with Gasteiger partial charge in [-0.2, -0.15) is 13.2 Å². The highest BCUT2D eigenvalue weighted by Crippen LogP contribution is 2.30. The zero-order valence-corrected chi connectivity index (χ0v) is 35.3. The van der Waals surface area contributed by atoms with E-state index in [0.717, 1.165) is 29.0 Å². The van der Waals surface area contributed by atoms with E-state index in [9.17, 15) is 27.6 Å². The average molecular weight is 888 g/mol. The predicted molar refractivity (Wildman–Crippen MR) is 249 cm³/mol. The van der Waals surface area contributed by atoms with Crippen LogP contribution in [-0.4, -0.2) is 44.2 Å². The number of anilines is 2. The third kappa shape index (κ3) is 13.6. The molecule has 0 aliphatic carbocycles. The van der Waals surface area contributed by atoms with Gasteiger partial charge in [-0.05, 0) is 77.4 Å². The van der Waals surface area contributed by atoms with Crippen LogP contribution < -0.4 is 27.8 Å². The van der Waals surface area contributed by atoms with Gasteiger partial charge >= 0.3 is 6.18 Å². The topological polar surface area (TPSA) is 205 Å². The summed E-state index contributed by atoms with van der Waals surface area (Å²) in [4.78, 5) is 50.3. The number of benzene rings is 6. The summed E-state index contributed by atoms with van der Waals surface area (Å²) in [6.45, 7) is 0.812. The number of hydrogen-bond acceptors (Lipinski definition) is 9. The van der Waals surface area contributed by atoms with Crippen molar-refractivity contribution in [1.82, 2.24) is 19.9 Å². The second-order valence-electron chi connectivity index (χ2n) is 14.5. The van der Waals surface area contributed by atoms with Crippen molar-refractivity contribution in [2.45, 2.75) is 18.6 Å². The quantitative estimate of drug-likeness (QED) is 0.0748. The number of carbonyl (C=O) groups excluding carboxylic acids is 3. The van der Waals surface area contributed by atoms with Gasteiger partial charge in [0, 0.05) is 59.2 Å². The summed E-state index contributed by atoms with van der Waals surface area (Å²) in [5.74, 6) is -0.329. The number of rotatable bonds is 13. The summed E-state index contributed by atoms with van der Waals surface area (Å²) >= 11 is 0. The Kier molecular flexibility index (Phi) is 16.0. The van der Waals surface area contributed by atoms with Crippen LogP contribution in [-0.2, 0) is 12.7 Å². The van der Waals surface area contributed by atoms with Crippen molar-refractivity contribution in [1.29, 1.82) is 0 Å². The molecule has 6 aromatic carbocycles. The van der Waals surface area contributed by atoms with E-state index in [1.807, 2.05) is 36.4 Å². The van der Waals surface area contributed by atoms with Gasteiger partial charge in [0.2, 0.25) is 29.6 Å². The highest BCUT2D eigenvalue weighted by atomic mass is 19.4. The first-order chi connectivity index (χ1) is 31.8. The molecule has 66 heavy (non-hydrogen) atoms. The number of alkyl halides is 3. The Hall–Kier alpha value is -8.72. The van der Waals surface area contributed by atoms with Crippen molar-refractivity contribution in [3.05, 3.63) is 227 Å². The molecule has 332 valence electrons. The first-order valence-corrected chi connectivity index (χ1v) is 20.4. The zero-order chi connectivity index (χ0) is 46.9. The van der Waals surface area contributed by atoms with E-state index in [-0.39, 0.29) is 24.3 Å². The summed E-state index contributed by atoms with van der Waals surface area (Å²) in [5, 5.41) is 6.30. The standard InChI is InChI=1S/C25H22N4O.C19H15F3N4O.C7H7NO/c26-24(30)21-13-11-20(12-14-21)23-15-16-27-25(29-23)28-17-22(18-7-3-1-4-8-18)19-9-5-2-6-10-19;20-19(21,22)15-3-1-2-12(10-15)11-25-18-24-9-8-16(26-18)13-4-6-14(7-5-13)17(23)27;8-7(9)6-4-2-1-3-5-6/h1-16,22H,17H2,(H2,26,30)(H,27,28,29);1-10H,11H2,(H2,23,27)(H,24,25,26);1-5H,(H2,8,9). The monoisotopic (exact) mass is 887 g/mol. The van der Waals surface area contributed by atoms with Gasteiger partial charge in [0.1, 0.15) is 0 Å². The third-order valence-corrected chi connectivity index (χ3v) is 9.87. The van der Waals surface area contributed by atoms with Gasteiger partial charge in [0.15, 0.2) is 0 Å². The Morgan fingerprint density at radius 3 is 1.35 bits per heavy atom. The zero-order valence-electron chi connectivity index (χ0n) is 35.3. The molecule has 15 heteroatoms. The van der Waals surface area contributed by atoms with Crippen molar-refractivity contribution in [3.63, 3.8) is 0 Å². The fraction of sp³-hybridized carbons (Fsp3) is 0.0784. The largest absolute Gasteiger partial charge is 0.416 e. The first-order valence-electron chi connectivity index (χ1n) is 20.4. The van der Waals surface area contributed by atoms with E-state index in [1.54, 1.807) is 85.2 Å². The van der Waals surface area contributed by atoms with E-state index in [4.69, 9.17) is 17.2 Å². The molecule has 8 N–H and O–H groups in total. The highest BCUT2D eigenvalue weighted by Gasteiger charge is 2.30. The summed E-state index contributed by atoms with van der Waals surface area (Å²) in [7, 11) is 0. The molecule has 0 spiro atoms. The molecule has 3 amide bonds. The van der Waals surface area contributed by atoms with Crippen molar-refractivity contribution in [3.8, 4) is 22.5 Å². The number of aromatic nitrogens is 4. The van der Waals surface area contributed by atoms with Crippen LogP contribution in [0.3, 0.4) is 0 Å². The molecular weight excluding hydrogens is 844 g/mol. The summed E-state index contributed by atoms with van der Waals surface area (Å²) in [6, 6.07) is 51.8. The van der Waals surface area contributed by atoms with Crippen LogP contribution in [0.5, 0.6) is 0 Å². The van der Waals surface area contributed by atoms with Gasteiger partial charge in [0.05, 0.1) is 17.0 Å². The lowest BCUT2D eigenvalue weighted by Gasteiger charge is -2.19. The maximum atomic E-state index is 12.8. The van der Waals surface area contributed by atoms with Crippen molar-refractivity contribution in [2.75, 3.05) is 17.2 Å². The summed E-state index contributed by atoms with van der Waals surface area (Å²) in [6.07, 6.45) is -1.12. The van der Waals surface area contributed by atoms with Gasteiger partial charge in [0.25, 0.3) is 0 Å². The molecule has 0 atom stereocenters. The minimum Gasteiger partial charge on any atom is -0.366 e. The number of nitrogens with zero attached hydrogens (tertiary/aromatic N) is 4. The SMILES string of the molecule is NC(=O)c1ccc(-c2ccnc(NCC(c3ccccc3)c3ccccc3)n2)cc1.NC(=O)c1ccc(-c2ccnc(NCc3cccc(C(F)(F)F)c3)n2)cc1.NC(=O)c1ccccc1. The third-order valence-electron chi connectivity index (χ3n) is 9.87. The fourth-order valence-corrected chi connectivity index (χ4v) is 6.45.